The highest BCUT2D eigenvalue weighted by Crippen LogP contribution is 2.22. The molecule has 0 radical (unpaired) electrons. The molecule has 29 heavy (non-hydrogen) atoms. The molecule has 0 atom stereocenters. The van der Waals surface area contributed by atoms with Gasteiger partial charge < -0.3 is 15.4 Å². The van der Waals surface area contributed by atoms with Crippen LogP contribution in [0.5, 0.6) is 0 Å². The number of anilines is 2. The van der Waals surface area contributed by atoms with Gasteiger partial charge in [0.2, 0.25) is 15.9 Å². The quantitative estimate of drug-likeness (QED) is 0.637. The van der Waals surface area contributed by atoms with E-state index in [1.807, 2.05) is 6.92 Å². The largest absolute Gasteiger partial charge is 0.462 e. The Hall–Kier alpha value is -2.91. The van der Waals surface area contributed by atoms with E-state index >= 15 is 0 Å². The summed E-state index contributed by atoms with van der Waals surface area (Å²) >= 11 is 0. The van der Waals surface area contributed by atoms with E-state index < -0.39 is 16.0 Å². The summed E-state index contributed by atoms with van der Waals surface area (Å²) in [5, 5.41) is 5.62. The summed E-state index contributed by atoms with van der Waals surface area (Å²) in [6, 6.07) is 11.2. The Bertz CT molecular complexity index is 1000. The van der Waals surface area contributed by atoms with E-state index in [9.17, 15) is 18.0 Å². The predicted octanol–water partition coefficient (Wildman–Crippen LogP) is 2.47. The van der Waals surface area contributed by atoms with Crippen LogP contribution in [0.15, 0.2) is 47.4 Å². The second-order valence-electron chi connectivity index (χ2n) is 6.43. The van der Waals surface area contributed by atoms with Crippen LogP contribution in [-0.4, -0.2) is 51.8 Å². The van der Waals surface area contributed by atoms with Crippen LogP contribution in [0.25, 0.3) is 0 Å². The zero-order chi connectivity index (χ0) is 21.6. The SMILES string of the molecule is CCOC(=O)c1ccccc1NC(=O)CNc1cc(S(=O)(=O)N(C)C)ccc1C. The van der Waals surface area contributed by atoms with Crippen LogP contribution in [0.2, 0.25) is 0 Å². The zero-order valence-electron chi connectivity index (χ0n) is 16.9. The van der Waals surface area contributed by atoms with Crippen molar-refractivity contribution in [3.05, 3.63) is 53.6 Å². The van der Waals surface area contributed by atoms with Gasteiger partial charge in [0.05, 0.1) is 29.3 Å². The van der Waals surface area contributed by atoms with E-state index in [1.54, 1.807) is 37.3 Å². The second-order valence-corrected chi connectivity index (χ2v) is 8.58. The molecule has 9 heteroatoms. The van der Waals surface area contributed by atoms with Crippen molar-refractivity contribution in [3.63, 3.8) is 0 Å². The number of carbonyl (C=O) groups is 2. The van der Waals surface area contributed by atoms with Crippen LogP contribution in [0.4, 0.5) is 11.4 Å². The molecule has 0 aliphatic rings. The Kier molecular flexibility index (Phi) is 7.35. The van der Waals surface area contributed by atoms with E-state index in [1.165, 1.54) is 26.2 Å². The maximum Gasteiger partial charge on any atom is 0.340 e. The number of sulfonamides is 1. The molecule has 0 fully saturated rings. The number of benzene rings is 2. The highest BCUT2D eigenvalue weighted by atomic mass is 32.2. The standard InChI is InChI=1S/C20H25N3O5S/c1-5-28-20(25)16-8-6-7-9-17(16)22-19(24)13-21-18-12-15(11-10-14(18)2)29(26,27)23(3)4/h6-12,21H,5,13H2,1-4H3,(H,22,24). The number of nitrogens with one attached hydrogen (secondary N) is 2. The van der Waals surface area contributed by atoms with Gasteiger partial charge in [-0.05, 0) is 43.7 Å². The van der Waals surface area contributed by atoms with Gasteiger partial charge >= 0.3 is 5.97 Å². The van der Waals surface area contributed by atoms with Crippen molar-refractivity contribution in [1.82, 2.24) is 4.31 Å². The minimum absolute atomic E-state index is 0.108. The normalized spacial score (nSPS) is 11.2. The molecule has 0 unspecified atom stereocenters. The van der Waals surface area contributed by atoms with Crippen LogP contribution in [-0.2, 0) is 19.6 Å². The van der Waals surface area contributed by atoms with Crippen LogP contribution in [0.1, 0.15) is 22.8 Å². The molecule has 0 aromatic heterocycles. The average Bonchev–Trinajstić information content (AvgIpc) is 2.67. The molecule has 0 aliphatic heterocycles. The first kappa shape index (κ1) is 22.4. The Labute approximate surface area is 170 Å². The molecule has 2 rings (SSSR count). The molecule has 8 nitrogen and oxygen atoms in total. The highest BCUT2D eigenvalue weighted by Gasteiger charge is 2.18. The lowest BCUT2D eigenvalue weighted by Crippen LogP contribution is -2.24. The van der Waals surface area contributed by atoms with E-state index in [0.29, 0.717) is 11.4 Å². The summed E-state index contributed by atoms with van der Waals surface area (Å²) in [6.07, 6.45) is 0. The number of para-hydroxylation sites is 1. The van der Waals surface area contributed by atoms with Gasteiger partial charge in [0, 0.05) is 19.8 Å². The Morgan fingerprint density at radius 3 is 2.41 bits per heavy atom. The molecule has 0 saturated carbocycles. The number of ether oxygens (including phenoxy) is 1. The van der Waals surface area contributed by atoms with Gasteiger partial charge in [-0.3, -0.25) is 4.79 Å². The van der Waals surface area contributed by atoms with Crippen molar-refractivity contribution < 1.29 is 22.7 Å². The average molecular weight is 420 g/mol. The van der Waals surface area contributed by atoms with Gasteiger partial charge in [-0.25, -0.2) is 17.5 Å². The monoisotopic (exact) mass is 419 g/mol. The predicted molar refractivity (Wildman–Crippen MR) is 112 cm³/mol. The third-order valence-electron chi connectivity index (χ3n) is 4.12. The molecule has 2 aromatic rings. The number of aryl methyl sites for hydroxylation is 1. The van der Waals surface area contributed by atoms with E-state index in [4.69, 9.17) is 4.74 Å². The van der Waals surface area contributed by atoms with Crippen molar-refractivity contribution >= 4 is 33.3 Å². The molecule has 0 aliphatic carbocycles. The first-order valence-electron chi connectivity index (χ1n) is 9.00. The smallest absolute Gasteiger partial charge is 0.340 e. The highest BCUT2D eigenvalue weighted by molar-refractivity contribution is 7.89. The summed E-state index contributed by atoms with van der Waals surface area (Å²) < 4.78 is 30.7. The van der Waals surface area contributed by atoms with Gasteiger partial charge in [-0.1, -0.05) is 18.2 Å². The molecule has 2 N–H and O–H groups in total. The van der Waals surface area contributed by atoms with Crippen LogP contribution < -0.4 is 10.6 Å². The lowest BCUT2D eigenvalue weighted by Gasteiger charge is -2.15. The summed E-state index contributed by atoms with van der Waals surface area (Å²) in [4.78, 5) is 24.5. The fraction of sp³-hybridized carbons (Fsp3) is 0.300. The van der Waals surface area contributed by atoms with Gasteiger partial charge in [-0.15, -0.1) is 0 Å². The van der Waals surface area contributed by atoms with E-state index in [2.05, 4.69) is 10.6 Å². The summed E-state index contributed by atoms with van der Waals surface area (Å²) in [5.41, 5.74) is 1.93. The van der Waals surface area contributed by atoms with Gasteiger partial charge in [0.25, 0.3) is 0 Å². The van der Waals surface area contributed by atoms with Crippen LogP contribution >= 0.6 is 0 Å². The summed E-state index contributed by atoms with van der Waals surface area (Å²) in [5.74, 6) is -0.907. The number of amides is 1. The minimum Gasteiger partial charge on any atom is -0.462 e. The maximum absolute atomic E-state index is 12.4. The molecule has 1 amide bonds. The third kappa shape index (κ3) is 5.55. The van der Waals surface area contributed by atoms with Crippen molar-refractivity contribution in [2.24, 2.45) is 0 Å². The van der Waals surface area contributed by atoms with Crippen molar-refractivity contribution in [3.8, 4) is 0 Å². The number of carbonyl (C=O) groups excluding carboxylic acids is 2. The molecule has 2 aromatic carbocycles. The summed E-state index contributed by atoms with van der Waals surface area (Å²) in [6.45, 7) is 3.63. The lowest BCUT2D eigenvalue weighted by molar-refractivity contribution is -0.114. The first-order valence-corrected chi connectivity index (χ1v) is 10.4. The summed E-state index contributed by atoms with van der Waals surface area (Å²) in [7, 11) is -0.672. The molecule has 0 heterocycles. The van der Waals surface area contributed by atoms with Gasteiger partial charge in [-0.2, -0.15) is 0 Å². The Morgan fingerprint density at radius 2 is 1.76 bits per heavy atom. The zero-order valence-corrected chi connectivity index (χ0v) is 17.7. The fourth-order valence-corrected chi connectivity index (χ4v) is 3.44. The van der Waals surface area contributed by atoms with Gasteiger partial charge in [0.1, 0.15) is 0 Å². The number of nitrogens with zero attached hydrogens (tertiary/aromatic N) is 1. The second kappa shape index (κ2) is 9.53. The third-order valence-corrected chi connectivity index (χ3v) is 5.93. The topological polar surface area (TPSA) is 105 Å². The van der Waals surface area contributed by atoms with E-state index in [0.717, 1.165) is 9.87 Å². The lowest BCUT2D eigenvalue weighted by atomic mass is 10.1. The molecular formula is C20H25N3O5S. The Balaban J connectivity index is 2.12. The van der Waals surface area contributed by atoms with Crippen LogP contribution in [0.3, 0.4) is 0 Å². The van der Waals surface area contributed by atoms with Crippen LogP contribution in [0, 0.1) is 6.92 Å². The van der Waals surface area contributed by atoms with Gasteiger partial charge in [0.15, 0.2) is 0 Å². The molecule has 0 bridgehead atoms. The first-order chi connectivity index (χ1) is 13.7. The minimum atomic E-state index is -3.58. The van der Waals surface area contributed by atoms with Crippen molar-refractivity contribution in [2.45, 2.75) is 18.7 Å². The molecule has 0 saturated heterocycles. The molecule has 0 spiro atoms. The van der Waals surface area contributed by atoms with Crippen molar-refractivity contribution in [1.29, 1.82) is 0 Å². The maximum atomic E-state index is 12.4. The molecular weight excluding hydrogens is 394 g/mol. The van der Waals surface area contributed by atoms with Crippen molar-refractivity contribution in [2.75, 3.05) is 37.9 Å². The van der Waals surface area contributed by atoms with E-state index in [-0.39, 0.29) is 29.5 Å². The Morgan fingerprint density at radius 1 is 1.07 bits per heavy atom. The fourth-order valence-electron chi connectivity index (χ4n) is 2.51. The number of rotatable bonds is 8. The number of hydrogen-bond donors (Lipinski definition) is 2. The molecule has 156 valence electrons. The number of hydrogen-bond acceptors (Lipinski definition) is 6. The number of esters is 1.